The molecule has 1 rings (SSSR count). The Morgan fingerprint density at radius 2 is 2.18 bits per heavy atom. The van der Waals surface area contributed by atoms with Gasteiger partial charge >= 0.3 is 0 Å². The van der Waals surface area contributed by atoms with Gasteiger partial charge < -0.3 is 11.1 Å². The van der Waals surface area contributed by atoms with Gasteiger partial charge in [-0.1, -0.05) is 13.8 Å². The van der Waals surface area contributed by atoms with E-state index in [1.54, 1.807) is 6.07 Å². The number of aryl methyl sites for hydroxylation is 1. The second kappa shape index (κ2) is 6.16. The van der Waals surface area contributed by atoms with Crippen molar-refractivity contribution in [2.45, 2.75) is 33.2 Å². The predicted molar refractivity (Wildman–Crippen MR) is 67.4 cm³/mol. The lowest BCUT2D eigenvalue weighted by Crippen LogP contribution is -2.31. The molecule has 17 heavy (non-hydrogen) atoms. The first-order chi connectivity index (χ1) is 8.05. The summed E-state index contributed by atoms with van der Waals surface area (Å²) in [5.74, 6) is 1.04. The maximum atomic E-state index is 8.83. The van der Waals surface area contributed by atoms with E-state index in [4.69, 9.17) is 11.0 Å². The van der Waals surface area contributed by atoms with E-state index in [2.05, 4.69) is 29.1 Å². The number of hydrogen-bond donors (Lipinski definition) is 2. The highest BCUT2D eigenvalue weighted by Gasteiger charge is 2.11. The monoisotopic (exact) mass is 233 g/mol. The molecule has 0 aromatic carbocycles. The van der Waals surface area contributed by atoms with Crippen LogP contribution in [0.1, 0.15) is 31.7 Å². The first-order valence-electron chi connectivity index (χ1n) is 5.77. The smallest absolute Gasteiger partial charge is 0.224 e. The fourth-order valence-electron chi connectivity index (χ4n) is 1.66. The van der Waals surface area contributed by atoms with Gasteiger partial charge in [0, 0.05) is 18.3 Å². The van der Waals surface area contributed by atoms with Crippen molar-refractivity contribution in [3.8, 4) is 6.07 Å². The van der Waals surface area contributed by atoms with Crippen LogP contribution < -0.4 is 11.1 Å². The molecule has 1 atom stereocenters. The highest BCUT2D eigenvalue weighted by atomic mass is 15.1. The zero-order valence-corrected chi connectivity index (χ0v) is 10.6. The van der Waals surface area contributed by atoms with Gasteiger partial charge in [-0.3, -0.25) is 0 Å². The molecule has 0 amide bonds. The molecule has 0 aliphatic carbocycles. The van der Waals surface area contributed by atoms with E-state index in [9.17, 15) is 0 Å². The van der Waals surface area contributed by atoms with Crippen LogP contribution in [-0.2, 0) is 0 Å². The summed E-state index contributed by atoms with van der Waals surface area (Å²) in [6.45, 7) is 6.65. The summed E-state index contributed by atoms with van der Waals surface area (Å²) in [5, 5.41) is 12.0. The van der Waals surface area contributed by atoms with E-state index >= 15 is 0 Å². The second-order valence-electron chi connectivity index (χ2n) is 4.54. The fourth-order valence-corrected chi connectivity index (χ4v) is 1.66. The molecule has 1 unspecified atom stereocenters. The van der Waals surface area contributed by atoms with Gasteiger partial charge in [-0.2, -0.15) is 5.26 Å². The predicted octanol–water partition coefficient (Wildman–Crippen LogP) is 1.44. The van der Waals surface area contributed by atoms with Crippen LogP contribution >= 0.6 is 0 Å². The average Bonchev–Trinajstić information content (AvgIpc) is 2.26. The van der Waals surface area contributed by atoms with Crippen LogP contribution in [0.4, 0.5) is 5.95 Å². The maximum absolute atomic E-state index is 8.83. The number of hydrogen-bond acceptors (Lipinski definition) is 5. The zero-order valence-electron chi connectivity index (χ0n) is 10.6. The first-order valence-corrected chi connectivity index (χ1v) is 5.77. The molecule has 0 aliphatic heterocycles. The molecule has 3 N–H and O–H groups in total. The van der Waals surface area contributed by atoms with Gasteiger partial charge in [0.05, 0.1) is 0 Å². The highest BCUT2D eigenvalue weighted by Crippen LogP contribution is 2.10. The van der Waals surface area contributed by atoms with Crippen molar-refractivity contribution in [1.29, 1.82) is 5.26 Å². The van der Waals surface area contributed by atoms with Gasteiger partial charge in [0.15, 0.2) is 0 Å². The maximum Gasteiger partial charge on any atom is 0.224 e. The van der Waals surface area contributed by atoms with Crippen molar-refractivity contribution >= 4 is 5.95 Å². The molecule has 1 heterocycles. The van der Waals surface area contributed by atoms with Crippen molar-refractivity contribution in [3.05, 3.63) is 17.5 Å². The molecular formula is C12H19N5. The number of rotatable bonds is 5. The molecule has 0 aliphatic rings. The zero-order chi connectivity index (χ0) is 12.8. The SMILES string of the molecule is Cc1cc(C#N)nc(NC(CN)CC(C)C)n1. The van der Waals surface area contributed by atoms with Gasteiger partial charge in [-0.15, -0.1) is 0 Å². The highest BCUT2D eigenvalue weighted by molar-refractivity contribution is 5.33. The van der Waals surface area contributed by atoms with Crippen molar-refractivity contribution < 1.29 is 0 Å². The summed E-state index contributed by atoms with van der Waals surface area (Å²) in [6.07, 6.45) is 0.954. The van der Waals surface area contributed by atoms with Crippen LogP contribution in [0.15, 0.2) is 6.07 Å². The van der Waals surface area contributed by atoms with Gasteiger partial charge in [0.25, 0.3) is 0 Å². The van der Waals surface area contributed by atoms with Gasteiger partial charge in [0.1, 0.15) is 11.8 Å². The molecule has 0 radical (unpaired) electrons. The third-order valence-corrected chi connectivity index (χ3v) is 2.34. The van der Waals surface area contributed by atoms with E-state index in [1.807, 2.05) is 13.0 Å². The topological polar surface area (TPSA) is 87.6 Å². The second-order valence-corrected chi connectivity index (χ2v) is 4.54. The van der Waals surface area contributed by atoms with E-state index < -0.39 is 0 Å². The molecule has 0 saturated heterocycles. The van der Waals surface area contributed by atoms with Crippen LogP contribution in [-0.4, -0.2) is 22.6 Å². The Kier molecular flexibility index (Phi) is 4.85. The van der Waals surface area contributed by atoms with Gasteiger partial charge in [0.2, 0.25) is 5.95 Å². The Labute approximate surface area is 102 Å². The molecule has 0 fully saturated rings. The molecular weight excluding hydrogens is 214 g/mol. The van der Waals surface area contributed by atoms with Gasteiger partial charge in [-0.25, -0.2) is 9.97 Å². The number of anilines is 1. The summed E-state index contributed by atoms with van der Waals surface area (Å²) >= 11 is 0. The summed E-state index contributed by atoms with van der Waals surface area (Å²) in [5.41, 5.74) is 6.85. The Hall–Kier alpha value is -1.67. The van der Waals surface area contributed by atoms with Crippen molar-refractivity contribution in [1.82, 2.24) is 9.97 Å². The number of nitrogens with zero attached hydrogens (tertiary/aromatic N) is 3. The molecule has 1 aromatic heterocycles. The van der Waals surface area contributed by atoms with Gasteiger partial charge in [-0.05, 0) is 25.3 Å². The Morgan fingerprint density at radius 1 is 1.47 bits per heavy atom. The van der Waals surface area contributed by atoms with E-state index in [1.165, 1.54) is 0 Å². The van der Waals surface area contributed by atoms with Crippen LogP contribution in [0.3, 0.4) is 0 Å². The van der Waals surface area contributed by atoms with Crippen molar-refractivity contribution in [3.63, 3.8) is 0 Å². The molecule has 1 aromatic rings. The quantitative estimate of drug-likeness (QED) is 0.803. The molecule has 5 nitrogen and oxygen atoms in total. The van der Waals surface area contributed by atoms with Crippen molar-refractivity contribution in [2.75, 3.05) is 11.9 Å². The lowest BCUT2D eigenvalue weighted by molar-refractivity contribution is 0.519. The number of nitrogens with one attached hydrogen (secondary N) is 1. The normalized spacial score (nSPS) is 12.2. The summed E-state index contributed by atoms with van der Waals surface area (Å²) in [4.78, 5) is 8.36. The lowest BCUT2D eigenvalue weighted by atomic mass is 10.0. The minimum atomic E-state index is 0.142. The molecule has 0 saturated carbocycles. The molecule has 92 valence electrons. The minimum absolute atomic E-state index is 0.142. The summed E-state index contributed by atoms with van der Waals surface area (Å²) < 4.78 is 0. The van der Waals surface area contributed by atoms with Crippen LogP contribution in [0.2, 0.25) is 0 Å². The number of nitrogens with two attached hydrogens (primary N) is 1. The van der Waals surface area contributed by atoms with Crippen LogP contribution in [0, 0.1) is 24.2 Å². The van der Waals surface area contributed by atoms with Crippen LogP contribution in [0.25, 0.3) is 0 Å². The third kappa shape index (κ3) is 4.37. The summed E-state index contributed by atoms with van der Waals surface area (Å²) in [6, 6.07) is 3.82. The van der Waals surface area contributed by atoms with E-state index in [0.717, 1.165) is 12.1 Å². The Bertz CT molecular complexity index is 408. The fraction of sp³-hybridized carbons (Fsp3) is 0.583. The largest absolute Gasteiger partial charge is 0.350 e. The average molecular weight is 233 g/mol. The Morgan fingerprint density at radius 3 is 2.71 bits per heavy atom. The summed E-state index contributed by atoms with van der Waals surface area (Å²) in [7, 11) is 0. The standard InChI is InChI=1S/C12H19N5/c1-8(2)4-10(6-13)16-12-15-9(3)5-11(7-14)17-12/h5,8,10H,4,6,13H2,1-3H3,(H,15,16,17). The number of nitriles is 1. The lowest BCUT2D eigenvalue weighted by Gasteiger charge is -2.18. The third-order valence-electron chi connectivity index (χ3n) is 2.34. The molecule has 0 bridgehead atoms. The number of aromatic nitrogens is 2. The minimum Gasteiger partial charge on any atom is -0.350 e. The van der Waals surface area contributed by atoms with E-state index in [0.29, 0.717) is 24.1 Å². The first kappa shape index (κ1) is 13.4. The Balaban J connectivity index is 2.79. The van der Waals surface area contributed by atoms with E-state index in [-0.39, 0.29) is 6.04 Å². The molecule has 5 heteroatoms. The van der Waals surface area contributed by atoms with Crippen LogP contribution in [0.5, 0.6) is 0 Å². The van der Waals surface area contributed by atoms with Crippen molar-refractivity contribution in [2.24, 2.45) is 11.7 Å². The molecule has 0 spiro atoms.